The van der Waals surface area contributed by atoms with Crippen LogP contribution in [0, 0.1) is 0 Å². The van der Waals surface area contributed by atoms with Crippen molar-refractivity contribution in [2.24, 2.45) is 4.99 Å². The van der Waals surface area contributed by atoms with Crippen LogP contribution in [0.15, 0.2) is 4.99 Å². The van der Waals surface area contributed by atoms with Crippen molar-refractivity contribution in [2.75, 3.05) is 18.8 Å². The summed E-state index contributed by atoms with van der Waals surface area (Å²) in [5.41, 5.74) is 0.142. The maximum Gasteiger partial charge on any atom is 0.241 e. The summed E-state index contributed by atoms with van der Waals surface area (Å²) in [6.07, 6.45) is 2.03. The standard InChI is InChI=1S/C11H21N3OS/c1-4-6-12-9(15)7-13-10-14-11(3,5-2)8-16-10/h4-8H2,1-3H3,(H,12,15)(H,13,14). The van der Waals surface area contributed by atoms with E-state index in [4.69, 9.17) is 0 Å². The molecule has 0 bridgehead atoms. The predicted molar refractivity (Wildman–Crippen MR) is 69.9 cm³/mol. The van der Waals surface area contributed by atoms with E-state index in [2.05, 4.69) is 29.5 Å². The van der Waals surface area contributed by atoms with Crippen LogP contribution >= 0.6 is 11.8 Å². The summed E-state index contributed by atoms with van der Waals surface area (Å²) in [6.45, 7) is 7.34. The van der Waals surface area contributed by atoms with E-state index in [-0.39, 0.29) is 18.0 Å². The van der Waals surface area contributed by atoms with E-state index in [9.17, 15) is 4.79 Å². The van der Waals surface area contributed by atoms with Crippen LogP contribution in [0.2, 0.25) is 0 Å². The summed E-state index contributed by atoms with van der Waals surface area (Å²) in [4.78, 5) is 15.6. The molecule has 1 amide bonds. The number of carbonyl (C=O) groups is 1. The van der Waals surface area contributed by atoms with Gasteiger partial charge in [0.25, 0.3) is 0 Å². The number of amides is 1. The minimum absolute atomic E-state index is 0.00171. The highest BCUT2D eigenvalue weighted by Crippen LogP contribution is 2.25. The molecule has 5 heteroatoms. The first-order valence-electron chi connectivity index (χ1n) is 5.82. The molecule has 1 rings (SSSR count). The quantitative estimate of drug-likeness (QED) is 0.767. The summed E-state index contributed by atoms with van der Waals surface area (Å²) < 4.78 is 0. The van der Waals surface area contributed by atoms with Gasteiger partial charge < -0.3 is 10.6 Å². The predicted octanol–water partition coefficient (Wildman–Crippen LogP) is 1.37. The summed E-state index contributed by atoms with van der Waals surface area (Å²) in [5.74, 6) is 1.03. The van der Waals surface area contributed by atoms with Gasteiger partial charge in [0.05, 0.1) is 0 Å². The summed E-state index contributed by atoms with van der Waals surface area (Å²) >= 11 is 1.70. The minimum Gasteiger partial charge on any atom is -0.359 e. The fourth-order valence-electron chi connectivity index (χ4n) is 1.30. The van der Waals surface area contributed by atoms with E-state index < -0.39 is 0 Å². The van der Waals surface area contributed by atoms with Gasteiger partial charge in [-0.2, -0.15) is 0 Å². The van der Waals surface area contributed by atoms with Crippen molar-refractivity contribution in [3.63, 3.8) is 0 Å². The lowest BCUT2D eigenvalue weighted by Crippen LogP contribution is -2.40. The average Bonchev–Trinajstić information content (AvgIpc) is 2.67. The third kappa shape index (κ3) is 4.04. The molecule has 1 heterocycles. The van der Waals surface area contributed by atoms with Gasteiger partial charge in [-0.05, 0) is 19.8 Å². The van der Waals surface area contributed by atoms with Gasteiger partial charge in [0, 0.05) is 17.8 Å². The number of carbonyl (C=O) groups excluding carboxylic acids is 1. The number of aliphatic imine (C=N–C) groups is 1. The van der Waals surface area contributed by atoms with Gasteiger partial charge in [0.15, 0.2) is 5.17 Å². The maximum atomic E-state index is 11.3. The first kappa shape index (κ1) is 13.4. The molecule has 1 fully saturated rings. The number of rotatable bonds is 5. The van der Waals surface area contributed by atoms with Crippen LogP contribution in [0.3, 0.4) is 0 Å². The van der Waals surface area contributed by atoms with Crippen LogP contribution in [0.4, 0.5) is 0 Å². The Morgan fingerprint density at radius 1 is 1.62 bits per heavy atom. The Morgan fingerprint density at radius 2 is 2.38 bits per heavy atom. The van der Waals surface area contributed by atoms with Gasteiger partial charge in [0.2, 0.25) is 5.91 Å². The molecule has 1 unspecified atom stereocenters. The first-order valence-corrected chi connectivity index (χ1v) is 6.80. The zero-order chi connectivity index (χ0) is 12.0. The van der Waals surface area contributed by atoms with Crippen molar-refractivity contribution >= 4 is 22.8 Å². The van der Waals surface area contributed by atoms with Crippen LogP contribution in [0.25, 0.3) is 0 Å². The zero-order valence-electron chi connectivity index (χ0n) is 10.3. The largest absolute Gasteiger partial charge is 0.359 e. The molecule has 1 aliphatic rings. The fourth-order valence-corrected chi connectivity index (χ4v) is 2.50. The second-order valence-electron chi connectivity index (χ2n) is 4.30. The summed E-state index contributed by atoms with van der Waals surface area (Å²) in [6, 6.07) is 0. The van der Waals surface area contributed by atoms with Crippen molar-refractivity contribution in [2.45, 2.75) is 39.2 Å². The highest BCUT2D eigenvalue weighted by atomic mass is 32.2. The van der Waals surface area contributed by atoms with Gasteiger partial charge in [0.1, 0.15) is 6.54 Å². The Labute approximate surface area is 102 Å². The first-order chi connectivity index (χ1) is 7.59. The van der Waals surface area contributed by atoms with Gasteiger partial charge in [-0.25, -0.2) is 0 Å². The molecule has 0 aromatic rings. The molecule has 0 saturated carbocycles. The van der Waals surface area contributed by atoms with Crippen molar-refractivity contribution in [1.29, 1.82) is 0 Å². The van der Waals surface area contributed by atoms with Gasteiger partial charge in [-0.3, -0.25) is 9.79 Å². The number of nitrogens with zero attached hydrogens (tertiary/aromatic N) is 1. The molecule has 1 aliphatic heterocycles. The van der Waals surface area contributed by atoms with Crippen molar-refractivity contribution in [3.05, 3.63) is 0 Å². The molecule has 1 atom stereocenters. The molecule has 0 spiro atoms. The Morgan fingerprint density at radius 3 is 2.94 bits per heavy atom. The number of amidine groups is 1. The zero-order valence-corrected chi connectivity index (χ0v) is 11.1. The SMILES string of the molecule is CCCNC(=O)CN=C1NC(C)(CC)CS1. The Bertz CT molecular complexity index is 280. The highest BCUT2D eigenvalue weighted by molar-refractivity contribution is 8.14. The smallest absolute Gasteiger partial charge is 0.241 e. The topological polar surface area (TPSA) is 53.5 Å². The highest BCUT2D eigenvalue weighted by Gasteiger charge is 2.30. The molecule has 0 radical (unpaired) electrons. The van der Waals surface area contributed by atoms with Gasteiger partial charge in [-0.1, -0.05) is 25.6 Å². The molecule has 0 aliphatic carbocycles. The van der Waals surface area contributed by atoms with E-state index in [1.54, 1.807) is 11.8 Å². The number of hydrogen-bond acceptors (Lipinski definition) is 3. The second-order valence-corrected chi connectivity index (χ2v) is 5.26. The van der Waals surface area contributed by atoms with Gasteiger partial charge >= 0.3 is 0 Å². The molecular weight excluding hydrogens is 222 g/mol. The second kappa shape index (κ2) is 6.13. The lowest BCUT2D eigenvalue weighted by Gasteiger charge is -2.20. The Kier molecular flexibility index (Phi) is 5.12. The summed E-state index contributed by atoms with van der Waals surface area (Å²) in [7, 11) is 0. The molecule has 92 valence electrons. The monoisotopic (exact) mass is 243 g/mol. The van der Waals surface area contributed by atoms with E-state index in [0.717, 1.165) is 30.3 Å². The van der Waals surface area contributed by atoms with E-state index >= 15 is 0 Å². The molecule has 16 heavy (non-hydrogen) atoms. The van der Waals surface area contributed by atoms with Crippen molar-refractivity contribution < 1.29 is 4.79 Å². The van der Waals surface area contributed by atoms with E-state index in [0.29, 0.717) is 0 Å². The molecule has 0 aromatic heterocycles. The molecule has 4 nitrogen and oxygen atoms in total. The van der Waals surface area contributed by atoms with Gasteiger partial charge in [-0.15, -0.1) is 0 Å². The third-order valence-corrected chi connectivity index (χ3v) is 3.94. The molecule has 1 saturated heterocycles. The normalized spacial score (nSPS) is 26.8. The number of hydrogen-bond donors (Lipinski definition) is 2. The Balaban J connectivity index is 2.34. The van der Waals surface area contributed by atoms with Crippen LogP contribution in [0.5, 0.6) is 0 Å². The summed E-state index contributed by atoms with van der Waals surface area (Å²) in [5, 5.41) is 7.07. The third-order valence-electron chi connectivity index (χ3n) is 2.65. The van der Waals surface area contributed by atoms with Crippen LogP contribution in [0.1, 0.15) is 33.6 Å². The Hall–Kier alpha value is -0.710. The van der Waals surface area contributed by atoms with Crippen LogP contribution in [-0.4, -0.2) is 35.5 Å². The average molecular weight is 243 g/mol. The lowest BCUT2D eigenvalue weighted by molar-refractivity contribution is -0.119. The lowest BCUT2D eigenvalue weighted by atomic mass is 10.0. The minimum atomic E-state index is 0.00171. The molecular formula is C11H21N3OS. The molecule has 0 aromatic carbocycles. The van der Waals surface area contributed by atoms with E-state index in [1.165, 1.54) is 0 Å². The maximum absolute atomic E-state index is 11.3. The molecule has 2 N–H and O–H groups in total. The van der Waals surface area contributed by atoms with Crippen LogP contribution < -0.4 is 10.6 Å². The number of nitrogens with one attached hydrogen (secondary N) is 2. The van der Waals surface area contributed by atoms with Crippen molar-refractivity contribution in [1.82, 2.24) is 10.6 Å². The van der Waals surface area contributed by atoms with E-state index in [1.807, 2.05) is 6.92 Å². The van der Waals surface area contributed by atoms with Crippen LogP contribution in [-0.2, 0) is 4.79 Å². The number of thioether (sulfide) groups is 1. The van der Waals surface area contributed by atoms with Crippen molar-refractivity contribution in [3.8, 4) is 0 Å². The fraction of sp³-hybridized carbons (Fsp3) is 0.818.